The van der Waals surface area contributed by atoms with E-state index in [1.165, 1.54) is 5.56 Å². The molecule has 88 valence electrons. The number of rotatable bonds is 2. The van der Waals surface area contributed by atoms with Crippen LogP contribution in [-0.4, -0.2) is 12.0 Å². The van der Waals surface area contributed by atoms with Gasteiger partial charge in [0.1, 0.15) is 0 Å². The van der Waals surface area contributed by atoms with Crippen molar-refractivity contribution in [2.75, 3.05) is 5.32 Å². The van der Waals surface area contributed by atoms with Gasteiger partial charge in [-0.25, -0.2) is 4.99 Å². The zero-order chi connectivity index (χ0) is 10.8. The van der Waals surface area contributed by atoms with Crippen LogP contribution in [-0.2, 0) is 0 Å². The normalized spacial score (nSPS) is 23.5. The zero-order valence-electron chi connectivity index (χ0n) is 9.60. The van der Waals surface area contributed by atoms with Crippen LogP contribution in [0, 0.1) is 12.8 Å². The van der Waals surface area contributed by atoms with Crippen LogP contribution < -0.4 is 11.1 Å². The second kappa shape index (κ2) is 5.52. The molecule has 2 rings (SSSR count). The predicted molar refractivity (Wildman–Crippen MR) is 79.4 cm³/mol. The maximum atomic E-state index is 5.80. The Morgan fingerprint density at radius 1 is 1.50 bits per heavy atom. The minimum atomic E-state index is 0. The van der Waals surface area contributed by atoms with Gasteiger partial charge in [-0.2, -0.15) is 0 Å². The van der Waals surface area contributed by atoms with Gasteiger partial charge < -0.3 is 11.1 Å². The topological polar surface area (TPSA) is 50.4 Å². The molecule has 1 aliphatic rings. The van der Waals surface area contributed by atoms with Crippen molar-refractivity contribution >= 4 is 35.6 Å². The minimum absolute atomic E-state index is 0. The van der Waals surface area contributed by atoms with Gasteiger partial charge in [0.15, 0.2) is 5.96 Å². The summed E-state index contributed by atoms with van der Waals surface area (Å²) >= 11 is 0. The minimum Gasteiger partial charge on any atom is -0.370 e. The van der Waals surface area contributed by atoms with Crippen LogP contribution in [0.5, 0.6) is 0 Å². The number of nitrogens with zero attached hydrogens (tertiary/aromatic N) is 1. The van der Waals surface area contributed by atoms with Gasteiger partial charge in [0.25, 0.3) is 0 Å². The summed E-state index contributed by atoms with van der Waals surface area (Å²) in [6.45, 7) is 4.25. The molecule has 4 heteroatoms. The van der Waals surface area contributed by atoms with Gasteiger partial charge in [0.05, 0.1) is 6.04 Å². The first-order valence-corrected chi connectivity index (χ1v) is 5.32. The van der Waals surface area contributed by atoms with Gasteiger partial charge in [0, 0.05) is 5.69 Å². The average molecular weight is 331 g/mol. The number of nitrogens with two attached hydrogens (primary N) is 1. The summed E-state index contributed by atoms with van der Waals surface area (Å²) < 4.78 is 0. The largest absolute Gasteiger partial charge is 0.370 e. The Kier molecular flexibility index (Phi) is 4.58. The van der Waals surface area contributed by atoms with E-state index in [0.29, 0.717) is 17.9 Å². The van der Waals surface area contributed by atoms with Crippen LogP contribution >= 0.6 is 24.0 Å². The molecule has 0 spiro atoms. The lowest BCUT2D eigenvalue weighted by molar-refractivity contribution is 0.893. The smallest absolute Gasteiger partial charge is 0.193 e. The molecular formula is C12H18IN3. The first kappa shape index (κ1) is 13.3. The fourth-order valence-corrected chi connectivity index (χ4v) is 1.56. The second-order valence-electron chi connectivity index (χ2n) is 4.29. The molecule has 0 radical (unpaired) electrons. The third-order valence-corrected chi connectivity index (χ3v) is 2.66. The molecule has 0 heterocycles. The summed E-state index contributed by atoms with van der Waals surface area (Å²) in [7, 11) is 0. The molecule has 3 N–H and O–H groups in total. The van der Waals surface area contributed by atoms with Crippen molar-refractivity contribution in [1.82, 2.24) is 0 Å². The molecule has 1 aromatic carbocycles. The number of hydrogen-bond acceptors (Lipinski definition) is 1. The lowest BCUT2D eigenvalue weighted by Gasteiger charge is -2.05. The van der Waals surface area contributed by atoms with Crippen LogP contribution in [0.4, 0.5) is 5.69 Å². The molecule has 1 fully saturated rings. The van der Waals surface area contributed by atoms with Crippen molar-refractivity contribution in [3.05, 3.63) is 29.8 Å². The van der Waals surface area contributed by atoms with E-state index in [-0.39, 0.29) is 24.0 Å². The number of aliphatic imine (C=N–C) groups is 1. The fourth-order valence-electron chi connectivity index (χ4n) is 1.56. The Morgan fingerprint density at radius 3 is 2.75 bits per heavy atom. The van der Waals surface area contributed by atoms with E-state index in [1.807, 2.05) is 12.1 Å². The second-order valence-corrected chi connectivity index (χ2v) is 4.29. The highest BCUT2D eigenvalue weighted by Crippen LogP contribution is 2.32. The van der Waals surface area contributed by atoms with E-state index in [9.17, 15) is 0 Å². The van der Waals surface area contributed by atoms with Crippen molar-refractivity contribution in [3.63, 3.8) is 0 Å². The van der Waals surface area contributed by atoms with Crippen LogP contribution in [0.2, 0.25) is 0 Å². The molecule has 1 aromatic rings. The maximum Gasteiger partial charge on any atom is 0.193 e. The Morgan fingerprint density at radius 2 is 2.19 bits per heavy atom. The predicted octanol–water partition coefficient (Wildman–Crippen LogP) is 2.75. The Hall–Kier alpha value is -0.780. The quantitative estimate of drug-likeness (QED) is 0.497. The third kappa shape index (κ3) is 3.66. The molecular weight excluding hydrogens is 313 g/mol. The number of halogens is 1. The van der Waals surface area contributed by atoms with Crippen molar-refractivity contribution in [2.45, 2.75) is 26.3 Å². The van der Waals surface area contributed by atoms with Gasteiger partial charge in [-0.1, -0.05) is 19.1 Å². The highest BCUT2D eigenvalue weighted by Gasteiger charge is 2.32. The number of nitrogens with one attached hydrogen (secondary N) is 1. The van der Waals surface area contributed by atoms with Gasteiger partial charge >= 0.3 is 0 Å². The van der Waals surface area contributed by atoms with Crippen molar-refractivity contribution in [1.29, 1.82) is 0 Å². The first-order valence-electron chi connectivity index (χ1n) is 5.32. The number of hydrogen-bond donors (Lipinski definition) is 2. The molecule has 0 aliphatic heterocycles. The summed E-state index contributed by atoms with van der Waals surface area (Å²) in [5, 5.41) is 3.10. The lowest BCUT2D eigenvalue weighted by atomic mass is 10.2. The average Bonchev–Trinajstić information content (AvgIpc) is 2.81. The molecule has 0 amide bonds. The van der Waals surface area contributed by atoms with E-state index in [4.69, 9.17) is 5.73 Å². The molecule has 0 saturated heterocycles. The number of anilines is 1. The SMILES string of the molecule is Cc1cccc(NC(N)=NC2CC2C)c1.I. The molecule has 1 aliphatic carbocycles. The Bertz CT molecular complexity index is 390. The Balaban J connectivity index is 0.00000128. The third-order valence-electron chi connectivity index (χ3n) is 2.66. The summed E-state index contributed by atoms with van der Waals surface area (Å²) in [6, 6.07) is 8.54. The molecule has 2 atom stereocenters. The highest BCUT2D eigenvalue weighted by molar-refractivity contribution is 14.0. The van der Waals surface area contributed by atoms with Crippen molar-refractivity contribution in [3.8, 4) is 0 Å². The maximum absolute atomic E-state index is 5.80. The van der Waals surface area contributed by atoms with E-state index in [1.54, 1.807) is 0 Å². The van der Waals surface area contributed by atoms with Gasteiger partial charge in [-0.05, 0) is 37.0 Å². The summed E-state index contributed by atoms with van der Waals surface area (Å²) in [6.07, 6.45) is 1.16. The van der Waals surface area contributed by atoms with Crippen LogP contribution in [0.1, 0.15) is 18.9 Å². The monoisotopic (exact) mass is 331 g/mol. The van der Waals surface area contributed by atoms with E-state index in [0.717, 1.165) is 12.1 Å². The summed E-state index contributed by atoms with van der Waals surface area (Å²) in [5.41, 5.74) is 8.02. The van der Waals surface area contributed by atoms with Crippen molar-refractivity contribution in [2.24, 2.45) is 16.6 Å². The first-order chi connectivity index (χ1) is 7.15. The van der Waals surface area contributed by atoms with Crippen molar-refractivity contribution < 1.29 is 0 Å². The molecule has 2 unspecified atom stereocenters. The zero-order valence-corrected chi connectivity index (χ0v) is 11.9. The number of benzene rings is 1. The van der Waals surface area contributed by atoms with E-state index >= 15 is 0 Å². The molecule has 1 saturated carbocycles. The van der Waals surface area contributed by atoms with Gasteiger partial charge in [0.2, 0.25) is 0 Å². The van der Waals surface area contributed by atoms with Gasteiger partial charge in [-0.15, -0.1) is 24.0 Å². The fraction of sp³-hybridized carbons (Fsp3) is 0.417. The highest BCUT2D eigenvalue weighted by atomic mass is 127. The van der Waals surface area contributed by atoms with E-state index < -0.39 is 0 Å². The molecule has 0 aromatic heterocycles. The van der Waals surface area contributed by atoms with Crippen LogP contribution in [0.15, 0.2) is 29.3 Å². The standard InChI is InChI=1S/C12H17N3.HI/c1-8-4-3-5-10(6-8)14-12(13)15-11-7-9(11)2;/h3-6,9,11H,7H2,1-2H3,(H3,13,14,15);1H. The van der Waals surface area contributed by atoms with Crippen LogP contribution in [0.25, 0.3) is 0 Å². The number of guanidine groups is 1. The Labute approximate surface area is 114 Å². The van der Waals surface area contributed by atoms with Crippen LogP contribution in [0.3, 0.4) is 0 Å². The van der Waals surface area contributed by atoms with E-state index in [2.05, 4.69) is 36.3 Å². The number of aryl methyl sites for hydroxylation is 1. The molecule has 16 heavy (non-hydrogen) atoms. The summed E-state index contributed by atoms with van der Waals surface area (Å²) in [5.74, 6) is 1.22. The summed E-state index contributed by atoms with van der Waals surface area (Å²) in [4.78, 5) is 4.38. The molecule has 3 nitrogen and oxygen atoms in total. The lowest BCUT2D eigenvalue weighted by Crippen LogP contribution is -2.23. The van der Waals surface area contributed by atoms with Gasteiger partial charge in [-0.3, -0.25) is 0 Å². The molecule has 0 bridgehead atoms.